The van der Waals surface area contributed by atoms with Crippen LogP contribution in [0.2, 0.25) is 0 Å². The summed E-state index contributed by atoms with van der Waals surface area (Å²) in [6.45, 7) is 6.62. The first-order valence-corrected chi connectivity index (χ1v) is 6.27. The first kappa shape index (κ1) is 12.6. The molecule has 1 heterocycles. The molecule has 1 aromatic rings. The number of rotatable bonds is 6. The standard InChI is InChI=1S/C11H20N2OS/c1-4-11(3,5-7-14)13-9(2)10-12-6-8-15-10/h6,8-9,13-14H,4-5,7H2,1-3H3. The van der Waals surface area contributed by atoms with E-state index in [2.05, 4.69) is 31.1 Å². The number of aliphatic hydroxyl groups excluding tert-OH is 1. The molecule has 1 aromatic heterocycles. The molecule has 0 aromatic carbocycles. The van der Waals surface area contributed by atoms with Crippen molar-refractivity contribution in [1.82, 2.24) is 10.3 Å². The van der Waals surface area contributed by atoms with E-state index in [4.69, 9.17) is 5.11 Å². The molecule has 2 unspecified atom stereocenters. The molecule has 3 nitrogen and oxygen atoms in total. The van der Waals surface area contributed by atoms with E-state index in [0.717, 1.165) is 17.8 Å². The third kappa shape index (κ3) is 3.55. The summed E-state index contributed by atoms with van der Waals surface area (Å²) in [5.41, 5.74) is -0.000162. The van der Waals surface area contributed by atoms with Crippen molar-refractivity contribution in [3.8, 4) is 0 Å². The number of nitrogens with one attached hydrogen (secondary N) is 1. The SMILES string of the molecule is CCC(C)(CCO)NC(C)c1nccs1. The van der Waals surface area contributed by atoms with Crippen molar-refractivity contribution < 1.29 is 5.11 Å². The van der Waals surface area contributed by atoms with Gasteiger partial charge in [-0.1, -0.05) is 6.92 Å². The van der Waals surface area contributed by atoms with E-state index in [1.54, 1.807) is 11.3 Å². The molecular weight excluding hydrogens is 208 g/mol. The number of thiazole rings is 1. The molecule has 0 spiro atoms. The van der Waals surface area contributed by atoms with Crippen molar-refractivity contribution in [2.45, 2.75) is 45.2 Å². The molecular formula is C11H20N2OS. The fourth-order valence-electron chi connectivity index (χ4n) is 1.63. The van der Waals surface area contributed by atoms with Crippen LogP contribution in [0.15, 0.2) is 11.6 Å². The van der Waals surface area contributed by atoms with Crippen molar-refractivity contribution in [2.24, 2.45) is 0 Å². The van der Waals surface area contributed by atoms with E-state index in [1.165, 1.54) is 0 Å². The Balaban J connectivity index is 2.59. The molecule has 4 heteroatoms. The topological polar surface area (TPSA) is 45.1 Å². The van der Waals surface area contributed by atoms with E-state index in [0.29, 0.717) is 0 Å². The summed E-state index contributed by atoms with van der Waals surface area (Å²) in [6, 6.07) is 0.251. The van der Waals surface area contributed by atoms with Crippen LogP contribution in [-0.2, 0) is 0 Å². The van der Waals surface area contributed by atoms with Crippen LogP contribution in [0.1, 0.15) is 44.7 Å². The number of aromatic nitrogens is 1. The Bertz CT molecular complexity index is 276. The predicted molar refractivity (Wildman–Crippen MR) is 64.1 cm³/mol. The molecule has 2 N–H and O–H groups in total. The Morgan fingerprint density at radius 1 is 1.67 bits per heavy atom. The van der Waals surface area contributed by atoms with Gasteiger partial charge >= 0.3 is 0 Å². The average Bonchev–Trinajstić information content (AvgIpc) is 2.71. The molecule has 0 fully saturated rings. The summed E-state index contributed by atoms with van der Waals surface area (Å²) < 4.78 is 0. The van der Waals surface area contributed by atoms with E-state index in [1.807, 2.05) is 11.6 Å². The zero-order chi connectivity index (χ0) is 11.3. The molecule has 0 saturated carbocycles. The smallest absolute Gasteiger partial charge is 0.109 e. The van der Waals surface area contributed by atoms with Crippen LogP contribution >= 0.6 is 11.3 Å². The summed E-state index contributed by atoms with van der Waals surface area (Å²) in [7, 11) is 0. The average molecular weight is 228 g/mol. The van der Waals surface area contributed by atoms with E-state index < -0.39 is 0 Å². The second-order valence-electron chi connectivity index (χ2n) is 4.12. The summed E-state index contributed by atoms with van der Waals surface area (Å²) in [5, 5.41) is 15.7. The first-order chi connectivity index (χ1) is 7.11. The van der Waals surface area contributed by atoms with Crippen LogP contribution in [0.25, 0.3) is 0 Å². The Kier molecular flexibility index (Phi) is 4.70. The second-order valence-corrected chi connectivity index (χ2v) is 5.05. The summed E-state index contributed by atoms with van der Waals surface area (Å²) in [6.07, 6.45) is 3.61. The zero-order valence-electron chi connectivity index (χ0n) is 9.66. The van der Waals surface area contributed by atoms with Gasteiger partial charge in [0.2, 0.25) is 0 Å². The molecule has 1 rings (SSSR count). The third-order valence-electron chi connectivity index (χ3n) is 2.83. The molecule has 0 bridgehead atoms. The van der Waals surface area contributed by atoms with Crippen LogP contribution in [-0.4, -0.2) is 22.2 Å². The summed E-state index contributed by atoms with van der Waals surface area (Å²) in [5.74, 6) is 0. The quantitative estimate of drug-likeness (QED) is 0.785. The molecule has 0 radical (unpaired) electrons. The van der Waals surface area contributed by atoms with Crippen LogP contribution in [0.3, 0.4) is 0 Å². The Labute approximate surface area is 95.6 Å². The van der Waals surface area contributed by atoms with Gasteiger partial charge in [0, 0.05) is 23.7 Å². The maximum atomic E-state index is 9.02. The van der Waals surface area contributed by atoms with Gasteiger partial charge < -0.3 is 10.4 Å². The van der Waals surface area contributed by atoms with E-state index in [-0.39, 0.29) is 18.2 Å². The number of nitrogens with zero attached hydrogens (tertiary/aromatic N) is 1. The highest BCUT2D eigenvalue weighted by atomic mass is 32.1. The highest BCUT2D eigenvalue weighted by Crippen LogP contribution is 2.22. The molecule has 0 saturated heterocycles. The molecule has 0 aliphatic carbocycles. The summed E-state index contributed by atoms with van der Waals surface area (Å²) >= 11 is 1.66. The van der Waals surface area contributed by atoms with Gasteiger partial charge in [0.25, 0.3) is 0 Å². The lowest BCUT2D eigenvalue weighted by Gasteiger charge is -2.32. The van der Waals surface area contributed by atoms with Crippen LogP contribution in [0.5, 0.6) is 0 Å². The molecule has 15 heavy (non-hydrogen) atoms. The number of aliphatic hydroxyl groups is 1. The Morgan fingerprint density at radius 2 is 2.40 bits per heavy atom. The van der Waals surface area contributed by atoms with Crippen molar-refractivity contribution in [2.75, 3.05) is 6.61 Å². The van der Waals surface area contributed by atoms with Crippen molar-refractivity contribution >= 4 is 11.3 Å². The first-order valence-electron chi connectivity index (χ1n) is 5.39. The van der Waals surface area contributed by atoms with Crippen molar-refractivity contribution in [3.05, 3.63) is 16.6 Å². The Morgan fingerprint density at radius 3 is 2.87 bits per heavy atom. The minimum absolute atomic E-state index is 0.000162. The maximum Gasteiger partial charge on any atom is 0.109 e. The molecule has 0 amide bonds. The zero-order valence-corrected chi connectivity index (χ0v) is 10.5. The molecule has 0 aliphatic rings. The lowest BCUT2D eigenvalue weighted by Crippen LogP contribution is -2.43. The second kappa shape index (κ2) is 5.58. The van der Waals surface area contributed by atoms with Gasteiger partial charge in [0.15, 0.2) is 0 Å². The third-order valence-corrected chi connectivity index (χ3v) is 3.79. The monoisotopic (exact) mass is 228 g/mol. The fourth-order valence-corrected chi connectivity index (χ4v) is 2.28. The largest absolute Gasteiger partial charge is 0.396 e. The normalized spacial score (nSPS) is 17.3. The van der Waals surface area contributed by atoms with Gasteiger partial charge in [-0.15, -0.1) is 11.3 Å². The minimum atomic E-state index is -0.000162. The predicted octanol–water partition coefficient (Wildman–Crippen LogP) is 2.34. The van der Waals surface area contributed by atoms with E-state index >= 15 is 0 Å². The van der Waals surface area contributed by atoms with Crippen LogP contribution in [0.4, 0.5) is 0 Å². The molecule has 2 atom stereocenters. The van der Waals surface area contributed by atoms with Gasteiger partial charge in [-0.05, 0) is 26.7 Å². The summed E-state index contributed by atoms with van der Waals surface area (Å²) in [4.78, 5) is 4.29. The molecule has 0 aliphatic heterocycles. The molecule has 86 valence electrons. The van der Waals surface area contributed by atoms with Crippen LogP contribution < -0.4 is 5.32 Å². The lowest BCUT2D eigenvalue weighted by molar-refractivity contribution is 0.205. The van der Waals surface area contributed by atoms with Gasteiger partial charge in [0.05, 0.1) is 6.04 Å². The Hall–Kier alpha value is -0.450. The highest BCUT2D eigenvalue weighted by molar-refractivity contribution is 7.09. The van der Waals surface area contributed by atoms with Gasteiger partial charge in [-0.3, -0.25) is 0 Å². The number of hydrogen-bond donors (Lipinski definition) is 2. The van der Waals surface area contributed by atoms with Gasteiger partial charge in [-0.2, -0.15) is 0 Å². The highest BCUT2D eigenvalue weighted by Gasteiger charge is 2.24. The number of hydrogen-bond acceptors (Lipinski definition) is 4. The van der Waals surface area contributed by atoms with Crippen molar-refractivity contribution in [1.29, 1.82) is 0 Å². The van der Waals surface area contributed by atoms with Gasteiger partial charge in [-0.25, -0.2) is 4.98 Å². The minimum Gasteiger partial charge on any atom is -0.396 e. The van der Waals surface area contributed by atoms with Crippen molar-refractivity contribution in [3.63, 3.8) is 0 Å². The fraction of sp³-hybridized carbons (Fsp3) is 0.727. The van der Waals surface area contributed by atoms with Gasteiger partial charge in [0.1, 0.15) is 5.01 Å². The lowest BCUT2D eigenvalue weighted by atomic mass is 9.94. The van der Waals surface area contributed by atoms with E-state index in [9.17, 15) is 0 Å². The maximum absolute atomic E-state index is 9.02. The van der Waals surface area contributed by atoms with Crippen LogP contribution in [0, 0.1) is 0 Å².